The van der Waals surface area contributed by atoms with Crippen molar-refractivity contribution < 1.29 is 9.59 Å². The van der Waals surface area contributed by atoms with Crippen molar-refractivity contribution in [2.75, 3.05) is 10.6 Å². The van der Waals surface area contributed by atoms with Gasteiger partial charge in [-0.25, -0.2) is 4.98 Å². The Labute approximate surface area is 151 Å². The molecule has 0 aliphatic rings. The first kappa shape index (κ1) is 16.6. The van der Waals surface area contributed by atoms with Crippen LogP contribution in [0.4, 0.5) is 10.8 Å². The molecule has 24 heavy (non-hydrogen) atoms. The summed E-state index contributed by atoms with van der Waals surface area (Å²) in [5.41, 5.74) is 1.28. The molecule has 0 saturated heterocycles. The zero-order chi connectivity index (χ0) is 16.9. The Hall–Kier alpha value is -2.22. The topological polar surface area (TPSA) is 71.1 Å². The summed E-state index contributed by atoms with van der Waals surface area (Å²) in [5.74, 6) is -0.379. The quantitative estimate of drug-likeness (QED) is 0.696. The van der Waals surface area contributed by atoms with E-state index in [4.69, 9.17) is 11.6 Å². The van der Waals surface area contributed by atoms with Gasteiger partial charge in [-0.05, 0) is 35.7 Å². The summed E-state index contributed by atoms with van der Waals surface area (Å²) in [7, 11) is 0. The zero-order valence-electron chi connectivity index (χ0n) is 12.3. The standard InChI is InChI=1S/C16H12ClN3O2S2/c17-10-3-5-11(6-4-10)18-14(21)8-12-9-24-16(19-12)20-15(22)13-2-1-7-23-13/h1-7,9H,8H2,(H,18,21)(H,19,20,22). The maximum absolute atomic E-state index is 12.0. The number of aromatic nitrogens is 1. The monoisotopic (exact) mass is 377 g/mol. The lowest BCUT2D eigenvalue weighted by atomic mass is 10.3. The summed E-state index contributed by atoms with van der Waals surface area (Å²) in [6, 6.07) is 10.4. The molecule has 122 valence electrons. The third-order valence-electron chi connectivity index (χ3n) is 2.99. The Morgan fingerprint density at radius 3 is 2.58 bits per heavy atom. The van der Waals surface area contributed by atoms with Gasteiger partial charge in [0.15, 0.2) is 5.13 Å². The van der Waals surface area contributed by atoms with Crippen LogP contribution in [0, 0.1) is 0 Å². The van der Waals surface area contributed by atoms with E-state index in [-0.39, 0.29) is 18.2 Å². The van der Waals surface area contributed by atoms with Crippen LogP contribution in [-0.2, 0) is 11.2 Å². The predicted octanol–water partition coefficient (Wildman–Crippen LogP) is 4.29. The van der Waals surface area contributed by atoms with Crippen molar-refractivity contribution in [3.63, 3.8) is 0 Å². The Morgan fingerprint density at radius 1 is 1.08 bits per heavy atom. The van der Waals surface area contributed by atoms with E-state index < -0.39 is 0 Å². The fourth-order valence-electron chi connectivity index (χ4n) is 1.91. The minimum Gasteiger partial charge on any atom is -0.326 e. The molecule has 0 saturated carbocycles. The highest BCUT2D eigenvalue weighted by atomic mass is 35.5. The summed E-state index contributed by atoms with van der Waals surface area (Å²) < 4.78 is 0. The van der Waals surface area contributed by atoms with E-state index in [0.29, 0.717) is 26.4 Å². The molecule has 1 aromatic carbocycles. The molecule has 0 unspecified atom stereocenters. The summed E-state index contributed by atoms with van der Waals surface area (Å²) in [5, 5.41) is 10.2. The average Bonchev–Trinajstić information content (AvgIpc) is 3.21. The van der Waals surface area contributed by atoms with Crippen LogP contribution in [-0.4, -0.2) is 16.8 Å². The molecule has 8 heteroatoms. The van der Waals surface area contributed by atoms with Crippen molar-refractivity contribution in [2.24, 2.45) is 0 Å². The second kappa shape index (κ2) is 7.57. The summed E-state index contributed by atoms with van der Waals surface area (Å²) >= 11 is 8.45. The highest BCUT2D eigenvalue weighted by molar-refractivity contribution is 7.14. The lowest BCUT2D eigenvalue weighted by molar-refractivity contribution is -0.115. The summed E-state index contributed by atoms with van der Waals surface area (Å²) in [6.07, 6.45) is 0.133. The molecule has 3 rings (SSSR count). The molecule has 2 heterocycles. The minimum absolute atomic E-state index is 0.133. The number of anilines is 2. The van der Waals surface area contributed by atoms with Gasteiger partial charge in [0.05, 0.1) is 17.0 Å². The van der Waals surface area contributed by atoms with Crippen molar-refractivity contribution in [1.29, 1.82) is 0 Å². The van der Waals surface area contributed by atoms with Crippen LogP contribution in [0.15, 0.2) is 47.2 Å². The summed E-state index contributed by atoms with van der Waals surface area (Å²) in [4.78, 5) is 28.9. The van der Waals surface area contributed by atoms with E-state index in [0.717, 1.165) is 0 Å². The molecule has 0 atom stereocenters. The van der Waals surface area contributed by atoms with Crippen LogP contribution in [0.25, 0.3) is 0 Å². The number of thiazole rings is 1. The molecular weight excluding hydrogens is 366 g/mol. The van der Waals surface area contributed by atoms with E-state index in [1.165, 1.54) is 22.7 Å². The lowest BCUT2D eigenvalue weighted by Gasteiger charge is -2.03. The first-order valence-corrected chi connectivity index (χ1v) is 9.08. The number of halogens is 1. The minimum atomic E-state index is -0.198. The molecule has 0 aliphatic carbocycles. The Balaban J connectivity index is 1.56. The predicted molar refractivity (Wildman–Crippen MR) is 98.2 cm³/mol. The van der Waals surface area contributed by atoms with Gasteiger partial charge < -0.3 is 5.32 Å². The van der Waals surface area contributed by atoms with E-state index in [1.807, 2.05) is 11.4 Å². The second-order valence-electron chi connectivity index (χ2n) is 4.81. The van der Waals surface area contributed by atoms with Gasteiger partial charge in [0.2, 0.25) is 5.91 Å². The molecule has 2 amide bonds. The normalized spacial score (nSPS) is 10.4. The number of thiophene rings is 1. The molecule has 0 radical (unpaired) electrons. The fraction of sp³-hybridized carbons (Fsp3) is 0.0625. The maximum atomic E-state index is 12.0. The van der Waals surface area contributed by atoms with Crippen molar-refractivity contribution in [2.45, 2.75) is 6.42 Å². The third-order valence-corrected chi connectivity index (χ3v) is 4.91. The average molecular weight is 378 g/mol. The van der Waals surface area contributed by atoms with Gasteiger partial charge in [-0.1, -0.05) is 17.7 Å². The van der Waals surface area contributed by atoms with Gasteiger partial charge in [-0.2, -0.15) is 0 Å². The summed E-state index contributed by atoms with van der Waals surface area (Å²) in [6.45, 7) is 0. The van der Waals surface area contributed by atoms with Gasteiger partial charge in [0.1, 0.15) is 0 Å². The molecule has 0 aliphatic heterocycles. The Bertz CT molecular complexity index is 845. The van der Waals surface area contributed by atoms with Crippen LogP contribution in [0.2, 0.25) is 5.02 Å². The number of benzene rings is 1. The molecule has 3 aromatic rings. The molecule has 5 nitrogen and oxygen atoms in total. The van der Waals surface area contributed by atoms with Crippen molar-refractivity contribution in [1.82, 2.24) is 4.98 Å². The van der Waals surface area contributed by atoms with Crippen LogP contribution < -0.4 is 10.6 Å². The number of hydrogen-bond acceptors (Lipinski definition) is 5. The number of rotatable bonds is 5. The molecule has 2 aromatic heterocycles. The zero-order valence-corrected chi connectivity index (χ0v) is 14.7. The Kier molecular flexibility index (Phi) is 5.24. The van der Waals surface area contributed by atoms with Crippen LogP contribution in [0.1, 0.15) is 15.4 Å². The van der Waals surface area contributed by atoms with Gasteiger partial charge in [0, 0.05) is 16.1 Å². The third kappa shape index (κ3) is 4.41. The number of carbonyl (C=O) groups is 2. The number of nitrogens with zero attached hydrogens (tertiary/aromatic N) is 1. The van der Waals surface area contributed by atoms with E-state index in [9.17, 15) is 9.59 Å². The van der Waals surface area contributed by atoms with Gasteiger partial charge in [-0.15, -0.1) is 22.7 Å². The highest BCUT2D eigenvalue weighted by Crippen LogP contribution is 2.19. The van der Waals surface area contributed by atoms with Crippen molar-refractivity contribution >= 4 is 56.9 Å². The van der Waals surface area contributed by atoms with Gasteiger partial charge in [-0.3, -0.25) is 14.9 Å². The van der Waals surface area contributed by atoms with Crippen LogP contribution in [0.5, 0.6) is 0 Å². The molecule has 0 spiro atoms. The van der Waals surface area contributed by atoms with Crippen LogP contribution in [0.3, 0.4) is 0 Å². The first-order chi connectivity index (χ1) is 11.6. The molecule has 2 N–H and O–H groups in total. The largest absolute Gasteiger partial charge is 0.326 e. The van der Waals surface area contributed by atoms with E-state index in [1.54, 1.807) is 35.7 Å². The number of amides is 2. The first-order valence-electron chi connectivity index (χ1n) is 6.95. The number of nitrogens with one attached hydrogen (secondary N) is 2. The maximum Gasteiger partial charge on any atom is 0.267 e. The molecule has 0 fully saturated rings. The van der Waals surface area contributed by atoms with Crippen molar-refractivity contribution in [3.05, 3.63) is 62.8 Å². The SMILES string of the molecule is O=C(Cc1csc(NC(=O)c2cccs2)n1)Nc1ccc(Cl)cc1. The van der Waals surface area contributed by atoms with Crippen LogP contribution >= 0.6 is 34.3 Å². The second-order valence-corrected chi connectivity index (χ2v) is 7.05. The van der Waals surface area contributed by atoms with E-state index in [2.05, 4.69) is 15.6 Å². The fourth-order valence-corrected chi connectivity index (χ4v) is 3.37. The highest BCUT2D eigenvalue weighted by Gasteiger charge is 2.12. The molecule has 0 bridgehead atoms. The smallest absolute Gasteiger partial charge is 0.267 e. The van der Waals surface area contributed by atoms with Gasteiger partial charge >= 0.3 is 0 Å². The lowest BCUT2D eigenvalue weighted by Crippen LogP contribution is -2.15. The van der Waals surface area contributed by atoms with Crippen molar-refractivity contribution in [3.8, 4) is 0 Å². The number of carbonyl (C=O) groups excluding carboxylic acids is 2. The van der Waals surface area contributed by atoms with Gasteiger partial charge in [0.25, 0.3) is 5.91 Å². The molecular formula is C16H12ClN3O2S2. The van der Waals surface area contributed by atoms with E-state index >= 15 is 0 Å². The Morgan fingerprint density at radius 2 is 1.88 bits per heavy atom. The number of hydrogen-bond donors (Lipinski definition) is 2.